The SMILES string of the molecule is Cc1ccc(-n2c3ccc(-c4ccc(-c5nc6ccccc6n5-c5ccccc5)cc4)cc3c3cc(-c4cccc(-c5ccc6nc(-c7cccc(-c8ccc9c(c8)c8cc(-c%10ccccc%10)ccc8n9-c8ccc(C)cc8)c7)n(-c7ccccc7)c6c5)c4)ccc32)cc1. The van der Waals surface area contributed by atoms with Crippen molar-refractivity contribution in [3.8, 4) is 101 Å². The van der Waals surface area contributed by atoms with Crippen LogP contribution in [0.5, 0.6) is 0 Å². The minimum atomic E-state index is 0.886. The normalized spacial score (nSPS) is 11.7. The van der Waals surface area contributed by atoms with Crippen LogP contribution >= 0.6 is 0 Å². The molecule has 6 heteroatoms. The molecule has 0 saturated carbocycles. The minimum absolute atomic E-state index is 0.886. The maximum atomic E-state index is 5.47. The highest BCUT2D eigenvalue weighted by molar-refractivity contribution is 6.13. The van der Waals surface area contributed by atoms with Crippen LogP contribution in [0, 0.1) is 13.8 Å². The number of para-hydroxylation sites is 4. The standard InChI is InChI=1S/C88H60N6/c1-57-28-41-73(42-29-57)91-81-46-37-65(59-16-6-3-7-17-59)52-75(81)78-55-68(40-49-84(78)91)64-20-15-21-70(51-64)88-90-80-45-36-69(56-86(80)94(88)72-24-10-5-11-25-72)63-19-14-18-62(50-63)67-39-48-83-77(54-67)76-53-66(38-47-82(76)92(83)74-43-30-58(2)31-44-74)60-32-34-61(35-33-60)87-89-79-26-12-13-27-85(79)93(87)71-22-8-4-9-23-71/h3-56H,1-2H3. The summed E-state index contributed by atoms with van der Waals surface area (Å²) >= 11 is 0. The molecule has 0 spiro atoms. The van der Waals surface area contributed by atoms with Crippen molar-refractivity contribution in [1.82, 2.24) is 28.2 Å². The van der Waals surface area contributed by atoms with Crippen molar-refractivity contribution in [1.29, 1.82) is 0 Å². The number of rotatable bonds is 11. The Labute approximate surface area is 544 Å². The summed E-state index contributed by atoms with van der Waals surface area (Å²) in [6.45, 7) is 4.29. The van der Waals surface area contributed by atoms with Crippen LogP contribution in [0.2, 0.25) is 0 Å². The molecule has 0 aliphatic heterocycles. The zero-order valence-corrected chi connectivity index (χ0v) is 51.9. The van der Waals surface area contributed by atoms with E-state index in [1.807, 2.05) is 0 Å². The van der Waals surface area contributed by atoms with Gasteiger partial charge in [-0.05, 0) is 203 Å². The van der Waals surface area contributed by atoms with Gasteiger partial charge in [-0.15, -0.1) is 0 Å². The van der Waals surface area contributed by atoms with E-state index in [9.17, 15) is 0 Å². The molecule has 0 bridgehead atoms. The summed E-state index contributed by atoms with van der Waals surface area (Å²) < 4.78 is 9.40. The summed E-state index contributed by atoms with van der Waals surface area (Å²) in [5, 5.41) is 4.82. The van der Waals surface area contributed by atoms with Crippen molar-refractivity contribution < 1.29 is 0 Å². The Morgan fingerprint density at radius 2 is 0.511 bits per heavy atom. The average Bonchev–Trinajstić information content (AvgIpc) is 1.60. The van der Waals surface area contributed by atoms with Crippen molar-refractivity contribution in [2.24, 2.45) is 0 Å². The first kappa shape index (κ1) is 54.5. The third-order valence-electron chi connectivity index (χ3n) is 18.9. The molecule has 4 aromatic heterocycles. The molecule has 0 aliphatic rings. The highest BCUT2D eigenvalue weighted by Gasteiger charge is 2.21. The Kier molecular flexibility index (Phi) is 12.9. The van der Waals surface area contributed by atoms with Gasteiger partial charge in [0.2, 0.25) is 0 Å². The highest BCUT2D eigenvalue weighted by atomic mass is 15.1. The number of aromatic nitrogens is 6. The number of fused-ring (bicyclic) bond motifs is 8. The molecule has 442 valence electrons. The lowest BCUT2D eigenvalue weighted by Crippen LogP contribution is -1.97. The molecule has 0 atom stereocenters. The van der Waals surface area contributed by atoms with Crippen molar-refractivity contribution in [2.45, 2.75) is 13.8 Å². The first-order valence-electron chi connectivity index (χ1n) is 32.2. The molecule has 94 heavy (non-hydrogen) atoms. The van der Waals surface area contributed by atoms with Gasteiger partial charge in [0.05, 0.1) is 44.1 Å². The van der Waals surface area contributed by atoms with E-state index in [4.69, 9.17) is 9.97 Å². The van der Waals surface area contributed by atoms with Gasteiger partial charge in [-0.1, -0.05) is 205 Å². The highest BCUT2D eigenvalue weighted by Crippen LogP contribution is 2.42. The van der Waals surface area contributed by atoms with Crippen LogP contribution in [0.15, 0.2) is 328 Å². The number of benzene rings is 14. The fourth-order valence-corrected chi connectivity index (χ4v) is 14.2. The van der Waals surface area contributed by atoms with E-state index in [0.717, 1.165) is 123 Å². The molecular formula is C88H60N6. The van der Waals surface area contributed by atoms with E-state index in [-0.39, 0.29) is 0 Å². The Hall–Kier alpha value is -12.4. The summed E-state index contributed by atoms with van der Waals surface area (Å²) in [5.74, 6) is 1.80. The zero-order chi connectivity index (χ0) is 62.4. The maximum Gasteiger partial charge on any atom is 0.145 e. The van der Waals surface area contributed by atoms with E-state index in [2.05, 4.69) is 360 Å². The van der Waals surface area contributed by atoms with Crippen LogP contribution in [0.3, 0.4) is 0 Å². The molecule has 6 nitrogen and oxygen atoms in total. The summed E-state index contributed by atoms with van der Waals surface area (Å²) in [6, 6.07) is 119. The molecule has 14 aromatic carbocycles. The first-order valence-corrected chi connectivity index (χ1v) is 32.2. The van der Waals surface area contributed by atoms with Gasteiger partial charge in [0, 0.05) is 55.4 Å². The molecule has 0 fully saturated rings. The van der Waals surface area contributed by atoms with Gasteiger partial charge in [-0.3, -0.25) is 9.13 Å². The number of hydrogen-bond acceptors (Lipinski definition) is 2. The van der Waals surface area contributed by atoms with Crippen LogP contribution in [0.1, 0.15) is 11.1 Å². The summed E-state index contributed by atoms with van der Waals surface area (Å²) in [5.41, 5.74) is 29.2. The lowest BCUT2D eigenvalue weighted by Gasteiger charge is -2.12. The minimum Gasteiger partial charge on any atom is -0.309 e. The van der Waals surface area contributed by atoms with Crippen molar-refractivity contribution in [3.05, 3.63) is 339 Å². The molecule has 0 saturated heterocycles. The van der Waals surface area contributed by atoms with E-state index in [1.165, 1.54) is 54.8 Å². The fourth-order valence-electron chi connectivity index (χ4n) is 14.2. The molecule has 0 amide bonds. The Morgan fingerprint density at radius 3 is 1.01 bits per heavy atom. The second-order valence-corrected chi connectivity index (χ2v) is 24.8. The van der Waals surface area contributed by atoms with Crippen LogP contribution in [0.4, 0.5) is 0 Å². The smallest absolute Gasteiger partial charge is 0.145 e. The zero-order valence-electron chi connectivity index (χ0n) is 51.9. The van der Waals surface area contributed by atoms with Gasteiger partial charge in [0.25, 0.3) is 0 Å². The summed E-state index contributed by atoms with van der Waals surface area (Å²) in [6.07, 6.45) is 0. The first-order chi connectivity index (χ1) is 46.4. The van der Waals surface area contributed by atoms with Gasteiger partial charge in [0.1, 0.15) is 11.6 Å². The lowest BCUT2D eigenvalue weighted by atomic mass is 9.97. The quantitative estimate of drug-likeness (QED) is 0.130. The Bertz CT molecular complexity index is 5950. The van der Waals surface area contributed by atoms with E-state index < -0.39 is 0 Å². The lowest BCUT2D eigenvalue weighted by molar-refractivity contribution is 1.10. The van der Waals surface area contributed by atoms with Crippen molar-refractivity contribution in [3.63, 3.8) is 0 Å². The fraction of sp³-hybridized carbons (Fsp3) is 0.0227. The second kappa shape index (κ2) is 22.2. The monoisotopic (exact) mass is 1200 g/mol. The summed E-state index contributed by atoms with van der Waals surface area (Å²) in [4.78, 5) is 10.6. The van der Waals surface area contributed by atoms with Crippen LogP contribution in [0.25, 0.3) is 167 Å². The molecule has 0 aliphatic carbocycles. The second-order valence-electron chi connectivity index (χ2n) is 24.8. The molecule has 4 heterocycles. The third-order valence-corrected chi connectivity index (χ3v) is 18.9. The number of hydrogen-bond donors (Lipinski definition) is 0. The maximum absolute atomic E-state index is 5.47. The average molecular weight is 1200 g/mol. The van der Waals surface area contributed by atoms with Gasteiger partial charge < -0.3 is 9.13 Å². The van der Waals surface area contributed by atoms with Gasteiger partial charge in [-0.2, -0.15) is 0 Å². The Morgan fingerprint density at radius 1 is 0.191 bits per heavy atom. The largest absolute Gasteiger partial charge is 0.309 e. The van der Waals surface area contributed by atoms with Gasteiger partial charge in [-0.25, -0.2) is 9.97 Å². The molecule has 0 unspecified atom stereocenters. The van der Waals surface area contributed by atoms with E-state index >= 15 is 0 Å². The van der Waals surface area contributed by atoms with E-state index in [0.29, 0.717) is 0 Å². The predicted octanol–water partition coefficient (Wildman–Crippen LogP) is 22.8. The molecule has 0 radical (unpaired) electrons. The van der Waals surface area contributed by atoms with Crippen molar-refractivity contribution in [2.75, 3.05) is 0 Å². The topological polar surface area (TPSA) is 45.5 Å². The number of nitrogens with zero attached hydrogens (tertiary/aromatic N) is 6. The molecule has 0 N–H and O–H groups in total. The van der Waals surface area contributed by atoms with Crippen LogP contribution < -0.4 is 0 Å². The molecule has 18 aromatic rings. The third kappa shape index (κ3) is 9.33. The predicted molar refractivity (Wildman–Crippen MR) is 392 cm³/mol. The van der Waals surface area contributed by atoms with Gasteiger partial charge in [0.15, 0.2) is 0 Å². The van der Waals surface area contributed by atoms with Crippen molar-refractivity contribution >= 4 is 65.7 Å². The van der Waals surface area contributed by atoms with Gasteiger partial charge >= 0.3 is 0 Å². The van der Waals surface area contributed by atoms with Crippen LogP contribution in [-0.4, -0.2) is 28.2 Å². The van der Waals surface area contributed by atoms with E-state index in [1.54, 1.807) is 0 Å². The summed E-state index contributed by atoms with van der Waals surface area (Å²) in [7, 11) is 0. The number of aryl methyl sites for hydroxylation is 2. The Balaban J connectivity index is 0.710. The molecular weight excluding hydrogens is 1140 g/mol. The van der Waals surface area contributed by atoms with Crippen LogP contribution in [-0.2, 0) is 0 Å². The number of imidazole rings is 2. The molecule has 18 rings (SSSR count).